The van der Waals surface area contributed by atoms with Gasteiger partial charge in [0.1, 0.15) is 5.78 Å². The van der Waals surface area contributed by atoms with Crippen LogP contribution in [-0.2, 0) is 4.79 Å². The molecule has 0 aliphatic heterocycles. The number of Topliss-reactive ketones (excluding diaryl/α,β-unsaturated/α-hetero) is 1. The van der Waals surface area contributed by atoms with Gasteiger partial charge in [-0.3, -0.25) is 18.0 Å². The molecule has 0 spiro atoms. The Hall–Kier alpha value is -5.93. The molecule has 5 N–H and O–H groups in total. The Bertz CT molecular complexity index is 2940. The van der Waals surface area contributed by atoms with Gasteiger partial charge in [-0.2, -0.15) is 0 Å². The van der Waals surface area contributed by atoms with Crippen LogP contribution in [0, 0.1) is 17.8 Å². The molecule has 0 radical (unpaired) electrons. The van der Waals surface area contributed by atoms with E-state index in [0.29, 0.717) is 60.3 Å². The van der Waals surface area contributed by atoms with Crippen molar-refractivity contribution in [2.75, 3.05) is 14.1 Å². The normalized spacial score (nSPS) is 25.9. The maximum Gasteiger partial charge on any atom is 0.156 e. The van der Waals surface area contributed by atoms with Crippen LogP contribution >= 0.6 is 0 Å². The summed E-state index contributed by atoms with van der Waals surface area (Å²) < 4.78 is 6.62. The number of fused-ring (bicyclic) bond motifs is 9. The van der Waals surface area contributed by atoms with Gasteiger partial charge in [0.25, 0.3) is 0 Å². The van der Waals surface area contributed by atoms with Crippen LogP contribution in [0.1, 0.15) is 94.1 Å². The van der Waals surface area contributed by atoms with E-state index in [1.54, 1.807) is 6.20 Å². The number of hydrogen-bond donors (Lipinski definition) is 4. The van der Waals surface area contributed by atoms with E-state index >= 15 is 0 Å². The molecule has 59 heavy (non-hydrogen) atoms. The Morgan fingerprint density at radius 3 is 1.39 bits per heavy atom. The lowest BCUT2D eigenvalue weighted by Crippen LogP contribution is -2.24. The molecule has 0 saturated heterocycles. The summed E-state index contributed by atoms with van der Waals surface area (Å²) >= 11 is 0. The fourth-order valence-electron chi connectivity index (χ4n) is 10.4. The van der Waals surface area contributed by atoms with Crippen LogP contribution in [0.5, 0.6) is 0 Å². The molecule has 9 heterocycles. The number of aromatic nitrogens is 12. The lowest BCUT2D eigenvalue weighted by atomic mass is 9.95. The van der Waals surface area contributed by atoms with Crippen molar-refractivity contribution >= 4 is 56.2 Å². The molecular weight excluding hydrogens is 741 g/mol. The highest BCUT2D eigenvalue weighted by atomic mass is 16.1. The maximum absolute atomic E-state index is 11.7. The number of nitrogens with one attached hydrogen (secondary N) is 3. The number of ketones is 1. The van der Waals surface area contributed by atoms with Crippen molar-refractivity contribution < 1.29 is 4.79 Å². The summed E-state index contributed by atoms with van der Waals surface area (Å²) in [5, 5.41) is 0. The van der Waals surface area contributed by atoms with Crippen molar-refractivity contribution in [3.8, 4) is 0 Å². The van der Waals surface area contributed by atoms with Crippen molar-refractivity contribution in [2.45, 2.75) is 89.1 Å². The largest absolute Gasteiger partial charge is 0.345 e. The molecular formula is C44H52N14O. The summed E-state index contributed by atoms with van der Waals surface area (Å²) in [6.07, 6.45) is 23.0. The molecule has 15 nitrogen and oxygen atoms in total. The highest BCUT2D eigenvalue weighted by Crippen LogP contribution is 2.42. The van der Waals surface area contributed by atoms with E-state index in [4.69, 9.17) is 5.73 Å². The first kappa shape index (κ1) is 37.3. The highest BCUT2D eigenvalue weighted by molar-refractivity contribution is 5.82. The molecule has 9 aromatic heterocycles. The van der Waals surface area contributed by atoms with Gasteiger partial charge in [-0.25, -0.2) is 29.9 Å². The smallest absolute Gasteiger partial charge is 0.156 e. The average molecular weight is 793 g/mol. The Labute approximate surface area is 340 Å². The van der Waals surface area contributed by atoms with E-state index in [9.17, 15) is 4.79 Å². The van der Waals surface area contributed by atoms with Crippen LogP contribution in [0.15, 0.2) is 74.0 Å². The average Bonchev–Trinajstić information content (AvgIpc) is 4.06. The zero-order valence-corrected chi connectivity index (χ0v) is 34.2. The SMILES string of the molecule is C[C@@H]1CC(=O)C[C@@H]1c1cnc2cnc3[nH]ccc3n12.C[C@@H]1C[C@H](N(C)C)C[C@@H]1c1cnc2cnc3[nH]ccc3n12.C[C@@H]1C[C@H](N)C[C@@H]1c1cnc2cnc3[nH]ccc3n12. The second-order valence-corrected chi connectivity index (χ2v) is 17.6. The maximum atomic E-state index is 11.7. The summed E-state index contributed by atoms with van der Waals surface area (Å²) in [5.41, 5.74) is 18.5. The Morgan fingerprint density at radius 1 is 0.559 bits per heavy atom. The molecule has 15 heteroatoms. The van der Waals surface area contributed by atoms with Crippen molar-refractivity contribution in [2.24, 2.45) is 23.5 Å². The summed E-state index contributed by atoms with van der Waals surface area (Å²) in [7, 11) is 4.37. The summed E-state index contributed by atoms with van der Waals surface area (Å²) in [4.78, 5) is 50.1. The number of nitrogens with two attached hydrogens (primary N) is 1. The van der Waals surface area contributed by atoms with Gasteiger partial charge in [0, 0.05) is 96.9 Å². The lowest BCUT2D eigenvalue weighted by Gasteiger charge is -2.18. The fourth-order valence-corrected chi connectivity index (χ4v) is 10.4. The molecule has 3 aliphatic rings. The predicted molar refractivity (Wildman–Crippen MR) is 228 cm³/mol. The number of carbonyl (C=O) groups is 1. The molecule has 3 saturated carbocycles. The van der Waals surface area contributed by atoms with Crippen molar-refractivity contribution in [3.63, 3.8) is 0 Å². The number of carbonyl (C=O) groups excluding carboxylic acids is 1. The minimum atomic E-state index is 0.267. The molecule has 8 atom stereocenters. The van der Waals surface area contributed by atoms with Gasteiger partial charge in [0.2, 0.25) is 0 Å². The molecule has 0 amide bonds. The van der Waals surface area contributed by atoms with Gasteiger partial charge in [0.05, 0.1) is 35.1 Å². The second kappa shape index (κ2) is 14.7. The number of H-pyrrole nitrogens is 3. The van der Waals surface area contributed by atoms with E-state index < -0.39 is 0 Å². The predicted octanol–water partition coefficient (Wildman–Crippen LogP) is 7.00. The van der Waals surface area contributed by atoms with E-state index in [0.717, 1.165) is 69.0 Å². The fraction of sp³-hybridized carbons (Fsp3) is 0.432. The Kier molecular flexibility index (Phi) is 9.31. The van der Waals surface area contributed by atoms with Crippen LogP contribution in [0.3, 0.4) is 0 Å². The minimum absolute atomic E-state index is 0.267. The monoisotopic (exact) mass is 792 g/mol. The first-order valence-electron chi connectivity index (χ1n) is 20.9. The van der Waals surface area contributed by atoms with Gasteiger partial charge in [-0.05, 0) is 75.7 Å². The molecule has 3 aliphatic carbocycles. The second-order valence-electron chi connectivity index (χ2n) is 17.6. The molecule has 9 aromatic rings. The zero-order valence-electron chi connectivity index (χ0n) is 34.2. The Balaban J connectivity index is 0.000000107. The van der Waals surface area contributed by atoms with Crippen molar-refractivity contribution in [1.29, 1.82) is 0 Å². The van der Waals surface area contributed by atoms with Crippen LogP contribution in [0.25, 0.3) is 50.4 Å². The summed E-state index contributed by atoms with van der Waals surface area (Å²) in [6, 6.07) is 7.12. The third-order valence-corrected chi connectivity index (χ3v) is 13.5. The van der Waals surface area contributed by atoms with E-state index in [1.165, 1.54) is 24.2 Å². The van der Waals surface area contributed by atoms with E-state index in [2.05, 4.69) is 110 Å². The van der Waals surface area contributed by atoms with E-state index in [1.807, 2.05) is 55.6 Å². The number of aromatic amines is 3. The first-order valence-corrected chi connectivity index (χ1v) is 20.9. The summed E-state index contributed by atoms with van der Waals surface area (Å²) in [6.45, 7) is 6.79. The van der Waals surface area contributed by atoms with E-state index in [-0.39, 0.29) is 5.92 Å². The van der Waals surface area contributed by atoms with Crippen LogP contribution in [-0.4, -0.2) is 94.9 Å². The number of rotatable bonds is 4. The molecule has 304 valence electrons. The first-order chi connectivity index (χ1) is 28.6. The van der Waals surface area contributed by atoms with Gasteiger partial charge in [0.15, 0.2) is 33.9 Å². The number of nitrogens with zero attached hydrogens (tertiary/aromatic N) is 10. The molecule has 0 aromatic carbocycles. The number of hydrogen-bond acceptors (Lipinski definition) is 9. The van der Waals surface area contributed by atoms with Gasteiger partial charge >= 0.3 is 0 Å². The standard InChI is InChI=1S/C16H21N5.C14H17N5.C14H14N4O/c1-10-6-11(20(2)3)7-12(10)14-8-18-15-9-19-16-13(21(14)15)4-5-17-16;1-8-4-9(15)5-10(8)12-6-17-13-7-18-14-11(19(12)13)2-3-16-14;1-8-4-9(19)5-10(8)12-6-16-13-7-17-14-11(18(12)13)2-3-15-14/h4-5,8-12,17H,6-7H2,1-3H3;2-3,6-10,16H,4-5,15H2,1H3;2-3,6-8,10,15H,4-5H2,1H3/t10-,11+,12+;8-,9+,10+;8-,10+/m111/s1. The van der Waals surface area contributed by atoms with Crippen LogP contribution in [0.4, 0.5) is 0 Å². The topological polar surface area (TPSA) is 184 Å². The van der Waals surface area contributed by atoms with Gasteiger partial charge in [-0.1, -0.05) is 20.8 Å². The quantitative estimate of drug-likeness (QED) is 0.146. The molecule has 0 bridgehead atoms. The molecule has 0 unspecified atom stereocenters. The molecule has 3 fully saturated rings. The third-order valence-electron chi connectivity index (χ3n) is 13.5. The third kappa shape index (κ3) is 6.47. The van der Waals surface area contributed by atoms with Gasteiger partial charge < -0.3 is 25.6 Å². The lowest BCUT2D eigenvalue weighted by molar-refractivity contribution is -0.117. The highest BCUT2D eigenvalue weighted by Gasteiger charge is 2.36. The summed E-state index contributed by atoms with van der Waals surface area (Å²) in [5.74, 6) is 3.35. The minimum Gasteiger partial charge on any atom is -0.345 e. The Morgan fingerprint density at radius 2 is 1.00 bits per heavy atom. The zero-order chi connectivity index (χ0) is 40.5. The molecule has 12 rings (SSSR count). The van der Waals surface area contributed by atoms with Crippen LogP contribution < -0.4 is 5.73 Å². The number of imidazole rings is 3. The van der Waals surface area contributed by atoms with Crippen molar-refractivity contribution in [3.05, 3.63) is 91.1 Å². The van der Waals surface area contributed by atoms with Crippen molar-refractivity contribution in [1.82, 2.24) is 63.0 Å². The van der Waals surface area contributed by atoms with Crippen LogP contribution in [0.2, 0.25) is 0 Å². The van der Waals surface area contributed by atoms with Gasteiger partial charge in [-0.15, -0.1) is 0 Å².